The van der Waals surface area contributed by atoms with E-state index in [9.17, 15) is 16.8 Å². The molecule has 2 rings (SSSR count). The molecule has 0 aliphatic rings. The Labute approximate surface area is 140 Å². The zero-order valence-electron chi connectivity index (χ0n) is 12.9. The molecular weight excluding hydrogens is 356 g/mol. The van der Waals surface area contributed by atoms with Gasteiger partial charge in [0.15, 0.2) is 11.5 Å². The fourth-order valence-electron chi connectivity index (χ4n) is 1.92. The first-order valence-corrected chi connectivity index (χ1v) is 9.58. The molecule has 0 spiro atoms. The number of hydrogen-bond acceptors (Lipinski definition) is 6. The third-order valence-electron chi connectivity index (χ3n) is 3.10. The van der Waals surface area contributed by atoms with E-state index in [1.54, 1.807) is 6.07 Å². The van der Waals surface area contributed by atoms with Crippen molar-refractivity contribution in [3.63, 3.8) is 0 Å². The smallest absolute Gasteiger partial charge is 0.261 e. The number of benzene rings is 2. The molecule has 0 bridgehead atoms. The summed E-state index contributed by atoms with van der Waals surface area (Å²) >= 11 is 0. The number of nitrogens with two attached hydrogens (primary N) is 1. The molecule has 10 heteroatoms. The predicted octanol–water partition coefficient (Wildman–Crippen LogP) is 1.15. The third-order valence-corrected chi connectivity index (χ3v) is 5.42. The number of rotatable bonds is 6. The quantitative estimate of drug-likeness (QED) is 0.784. The first-order chi connectivity index (χ1) is 11.2. The van der Waals surface area contributed by atoms with Crippen LogP contribution in [0.3, 0.4) is 0 Å². The highest BCUT2D eigenvalue weighted by atomic mass is 32.2. The van der Waals surface area contributed by atoms with Gasteiger partial charge in [-0.05, 0) is 36.4 Å². The Morgan fingerprint density at radius 1 is 0.833 bits per heavy atom. The van der Waals surface area contributed by atoms with Gasteiger partial charge in [0.2, 0.25) is 10.0 Å². The average Bonchev–Trinajstić information content (AvgIpc) is 2.53. The van der Waals surface area contributed by atoms with Crippen molar-refractivity contribution in [1.29, 1.82) is 0 Å². The first kappa shape index (κ1) is 18.0. The zero-order valence-corrected chi connectivity index (χ0v) is 14.5. The molecule has 0 fully saturated rings. The number of hydrogen-bond donors (Lipinski definition) is 2. The van der Waals surface area contributed by atoms with Crippen LogP contribution in [0.2, 0.25) is 0 Å². The summed E-state index contributed by atoms with van der Waals surface area (Å²) in [6.45, 7) is 0. The van der Waals surface area contributed by atoms with E-state index in [0.717, 1.165) is 24.3 Å². The van der Waals surface area contributed by atoms with Crippen LogP contribution in [0.25, 0.3) is 0 Å². The third kappa shape index (κ3) is 3.96. The van der Waals surface area contributed by atoms with Gasteiger partial charge in [-0.15, -0.1) is 0 Å². The lowest BCUT2D eigenvalue weighted by molar-refractivity contribution is 0.355. The predicted molar refractivity (Wildman–Crippen MR) is 88.2 cm³/mol. The van der Waals surface area contributed by atoms with Crippen molar-refractivity contribution in [2.75, 3.05) is 18.9 Å². The number of primary sulfonamides is 1. The molecule has 130 valence electrons. The molecule has 8 nitrogen and oxygen atoms in total. The average molecular weight is 372 g/mol. The van der Waals surface area contributed by atoms with Gasteiger partial charge < -0.3 is 9.47 Å². The van der Waals surface area contributed by atoms with Crippen LogP contribution in [-0.2, 0) is 20.0 Å². The van der Waals surface area contributed by atoms with Gasteiger partial charge in [-0.1, -0.05) is 0 Å². The minimum Gasteiger partial charge on any atom is -0.493 e. The fraction of sp³-hybridized carbons (Fsp3) is 0.143. The molecule has 0 aliphatic heterocycles. The highest BCUT2D eigenvalue weighted by molar-refractivity contribution is 7.92. The molecular formula is C14H16N2O6S2. The number of ether oxygens (including phenoxy) is 2. The maximum absolute atomic E-state index is 12.4. The number of sulfonamides is 2. The van der Waals surface area contributed by atoms with E-state index in [-0.39, 0.29) is 15.5 Å². The molecule has 0 aliphatic carbocycles. The van der Waals surface area contributed by atoms with Crippen molar-refractivity contribution in [3.05, 3.63) is 42.5 Å². The van der Waals surface area contributed by atoms with E-state index in [2.05, 4.69) is 4.72 Å². The second-order valence-corrected chi connectivity index (χ2v) is 7.94. The Hall–Kier alpha value is -2.30. The monoisotopic (exact) mass is 372 g/mol. The fourth-order valence-corrected chi connectivity index (χ4v) is 3.49. The second kappa shape index (κ2) is 6.67. The van der Waals surface area contributed by atoms with Crippen molar-refractivity contribution in [3.8, 4) is 11.5 Å². The van der Waals surface area contributed by atoms with Crippen molar-refractivity contribution in [1.82, 2.24) is 0 Å². The van der Waals surface area contributed by atoms with Crippen molar-refractivity contribution >= 4 is 25.7 Å². The standard InChI is InChI=1S/C14H16N2O6S2/c1-21-13-8-3-10(9-14(13)22-2)16-24(19,20)12-6-4-11(5-7-12)23(15,17)18/h3-9,16H,1-2H3,(H2,15,17,18). The van der Waals surface area contributed by atoms with Crippen LogP contribution in [0, 0.1) is 0 Å². The second-order valence-electron chi connectivity index (χ2n) is 4.69. The normalized spacial score (nSPS) is 11.8. The molecule has 0 heterocycles. The topological polar surface area (TPSA) is 125 Å². The van der Waals surface area contributed by atoms with Crippen molar-refractivity contribution in [2.24, 2.45) is 5.14 Å². The van der Waals surface area contributed by atoms with Gasteiger partial charge in [-0.25, -0.2) is 22.0 Å². The zero-order chi connectivity index (χ0) is 18.0. The Kier molecular flexibility index (Phi) is 5.02. The summed E-state index contributed by atoms with van der Waals surface area (Å²) in [7, 11) is -4.89. The summed E-state index contributed by atoms with van der Waals surface area (Å²) in [4.78, 5) is -0.280. The lowest BCUT2D eigenvalue weighted by Gasteiger charge is -2.12. The van der Waals surface area contributed by atoms with Gasteiger partial charge in [-0.3, -0.25) is 4.72 Å². The Morgan fingerprint density at radius 2 is 1.38 bits per heavy atom. The van der Waals surface area contributed by atoms with E-state index < -0.39 is 20.0 Å². The molecule has 2 aromatic carbocycles. The number of anilines is 1. The molecule has 0 radical (unpaired) electrons. The summed E-state index contributed by atoms with van der Waals surface area (Å²) in [5.74, 6) is 0.820. The molecule has 0 amide bonds. The van der Waals surface area contributed by atoms with Crippen molar-refractivity contribution < 1.29 is 26.3 Å². The van der Waals surface area contributed by atoms with Crippen LogP contribution in [0.15, 0.2) is 52.3 Å². The first-order valence-electron chi connectivity index (χ1n) is 6.55. The summed E-state index contributed by atoms with van der Waals surface area (Å²) in [5.41, 5.74) is 0.267. The number of methoxy groups -OCH3 is 2. The Morgan fingerprint density at radius 3 is 1.88 bits per heavy atom. The maximum atomic E-state index is 12.4. The molecule has 2 aromatic rings. The largest absolute Gasteiger partial charge is 0.493 e. The van der Waals surface area contributed by atoms with E-state index >= 15 is 0 Å². The van der Waals surface area contributed by atoms with E-state index in [4.69, 9.17) is 14.6 Å². The van der Waals surface area contributed by atoms with Crippen LogP contribution >= 0.6 is 0 Å². The molecule has 3 N–H and O–H groups in total. The molecule has 0 atom stereocenters. The molecule has 0 aromatic heterocycles. The van der Waals surface area contributed by atoms with Crippen LogP contribution < -0.4 is 19.3 Å². The van der Waals surface area contributed by atoms with E-state index in [0.29, 0.717) is 11.5 Å². The van der Waals surface area contributed by atoms with Gasteiger partial charge in [0.1, 0.15) is 0 Å². The summed E-state index contributed by atoms with van der Waals surface area (Å²) in [5, 5.41) is 4.98. The maximum Gasteiger partial charge on any atom is 0.261 e. The summed E-state index contributed by atoms with van der Waals surface area (Å²) < 4.78 is 59.7. The van der Waals surface area contributed by atoms with Crippen LogP contribution in [0.1, 0.15) is 0 Å². The summed E-state index contributed by atoms with van der Waals surface area (Å²) in [6, 6.07) is 9.09. The van der Waals surface area contributed by atoms with E-state index in [1.165, 1.54) is 26.4 Å². The molecule has 0 saturated heterocycles. The van der Waals surface area contributed by atoms with Gasteiger partial charge in [0.25, 0.3) is 10.0 Å². The molecule has 0 saturated carbocycles. The van der Waals surface area contributed by atoms with Gasteiger partial charge in [0, 0.05) is 6.07 Å². The van der Waals surface area contributed by atoms with Gasteiger partial charge >= 0.3 is 0 Å². The van der Waals surface area contributed by atoms with Crippen LogP contribution in [0.4, 0.5) is 5.69 Å². The van der Waals surface area contributed by atoms with E-state index in [1.807, 2.05) is 0 Å². The van der Waals surface area contributed by atoms with Crippen LogP contribution in [0.5, 0.6) is 11.5 Å². The minimum atomic E-state index is -3.90. The van der Waals surface area contributed by atoms with Gasteiger partial charge in [-0.2, -0.15) is 0 Å². The SMILES string of the molecule is COc1ccc(NS(=O)(=O)c2ccc(S(N)(=O)=O)cc2)cc1OC. The Bertz CT molecular complexity index is 938. The summed E-state index contributed by atoms with van der Waals surface area (Å²) in [6.07, 6.45) is 0. The van der Waals surface area contributed by atoms with Gasteiger partial charge in [0.05, 0.1) is 29.7 Å². The van der Waals surface area contributed by atoms with Crippen LogP contribution in [-0.4, -0.2) is 31.1 Å². The lowest BCUT2D eigenvalue weighted by Crippen LogP contribution is -2.15. The highest BCUT2D eigenvalue weighted by Crippen LogP contribution is 2.30. The lowest BCUT2D eigenvalue weighted by atomic mass is 10.3. The molecule has 0 unspecified atom stereocenters. The highest BCUT2D eigenvalue weighted by Gasteiger charge is 2.17. The number of nitrogens with one attached hydrogen (secondary N) is 1. The minimum absolute atomic E-state index is 0.107. The Balaban J connectivity index is 2.31. The molecule has 24 heavy (non-hydrogen) atoms. The van der Waals surface area contributed by atoms with Crippen molar-refractivity contribution in [2.45, 2.75) is 9.79 Å².